The molecule has 0 saturated heterocycles. The minimum absolute atomic E-state index is 0.366. The van der Waals surface area contributed by atoms with E-state index in [1.165, 1.54) is 12.1 Å². The highest BCUT2D eigenvalue weighted by Gasteiger charge is 2.34. The van der Waals surface area contributed by atoms with E-state index < -0.39 is 17.5 Å². The molecule has 0 bridgehead atoms. The standard InChI is InChI=1S/C10H7F3O/c1-2-9(14)7-5-3-4-6-8(7)10(11,12)13/h2-6H,1H2. The summed E-state index contributed by atoms with van der Waals surface area (Å²) in [7, 11) is 0. The van der Waals surface area contributed by atoms with Crippen LogP contribution in [0.25, 0.3) is 0 Å². The largest absolute Gasteiger partial charge is 0.417 e. The van der Waals surface area contributed by atoms with Crippen LogP contribution in [0.5, 0.6) is 0 Å². The van der Waals surface area contributed by atoms with Crippen LogP contribution in [0.4, 0.5) is 13.2 Å². The zero-order chi connectivity index (χ0) is 10.8. The quantitative estimate of drug-likeness (QED) is 0.529. The topological polar surface area (TPSA) is 17.1 Å². The van der Waals surface area contributed by atoms with Gasteiger partial charge in [0.05, 0.1) is 5.56 Å². The Labute approximate surface area is 78.9 Å². The van der Waals surface area contributed by atoms with Gasteiger partial charge in [0.1, 0.15) is 0 Å². The molecule has 74 valence electrons. The molecule has 0 fully saturated rings. The predicted octanol–water partition coefficient (Wildman–Crippen LogP) is 3.07. The third-order valence-electron chi connectivity index (χ3n) is 1.68. The Balaban J connectivity index is 3.30. The maximum atomic E-state index is 12.4. The smallest absolute Gasteiger partial charge is 0.289 e. The van der Waals surface area contributed by atoms with E-state index in [2.05, 4.69) is 6.58 Å². The van der Waals surface area contributed by atoms with E-state index in [0.29, 0.717) is 0 Å². The second-order valence-electron chi connectivity index (χ2n) is 2.61. The Kier molecular flexibility index (Phi) is 2.74. The van der Waals surface area contributed by atoms with Crippen molar-refractivity contribution in [2.45, 2.75) is 6.18 Å². The van der Waals surface area contributed by atoms with E-state index >= 15 is 0 Å². The molecule has 0 spiro atoms. The Hall–Kier alpha value is -1.58. The molecule has 4 heteroatoms. The molecule has 0 unspecified atom stereocenters. The van der Waals surface area contributed by atoms with Crippen molar-refractivity contribution in [2.75, 3.05) is 0 Å². The van der Waals surface area contributed by atoms with E-state index in [9.17, 15) is 18.0 Å². The first-order chi connectivity index (χ1) is 6.46. The summed E-state index contributed by atoms with van der Waals surface area (Å²) in [6.45, 7) is 3.14. The molecular weight excluding hydrogens is 193 g/mol. The first-order valence-electron chi connectivity index (χ1n) is 3.80. The average molecular weight is 200 g/mol. The molecule has 0 aliphatic rings. The van der Waals surface area contributed by atoms with Crippen LogP contribution in [-0.2, 0) is 6.18 Å². The summed E-state index contributed by atoms with van der Waals surface area (Å²) >= 11 is 0. The van der Waals surface area contributed by atoms with Gasteiger partial charge in [0.2, 0.25) is 0 Å². The highest BCUT2D eigenvalue weighted by Crippen LogP contribution is 2.31. The van der Waals surface area contributed by atoms with Crippen LogP contribution in [0.2, 0.25) is 0 Å². The fourth-order valence-corrected chi connectivity index (χ4v) is 1.06. The number of carbonyl (C=O) groups excluding carboxylic acids is 1. The monoisotopic (exact) mass is 200 g/mol. The first kappa shape index (κ1) is 10.5. The third-order valence-corrected chi connectivity index (χ3v) is 1.68. The summed E-state index contributed by atoms with van der Waals surface area (Å²) in [6, 6.07) is 4.62. The highest BCUT2D eigenvalue weighted by atomic mass is 19.4. The van der Waals surface area contributed by atoms with Crippen LogP contribution in [0.3, 0.4) is 0 Å². The second-order valence-corrected chi connectivity index (χ2v) is 2.61. The molecule has 0 heterocycles. The number of hydrogen-bond acceptors (Lipinski definition) is 1. The van der Waals surface area contributed by atoms with Crippen LogP contribution in [0.15, 0.2) is 36.9 Å². The average Bonchev–Trinajstić information content (AvgIpc) is 2.15. The van der Waals surface area contributed by atoms with Crippen molar-refractivity contribution < 1.29 is 18.0 Å². The number of halogens is 3. The van der Waals surface area contributed by atoms with Crippen molar-refractivity contribution in [2.24, 2.45) is 0 Å². The van der Waals surface area contributed by atoms with Crippen molar-refractivity contribution in [3.05, 3.63) is 48.0 Å². The SMILES string of the molecule is C=CC(=O)c1ccccc1C(F)(F)F. The summed E-state index contributed by atoms with van der Waals surface area (Å²) in [6.07, 6.45) is -3.64. The molecule has 0 amide bonds. The van der Waals surface area contributed by atoms with Crippen LogP contribution in [0, 0.1) is 0 Å². The fourth-order valence-electron chi connectivity index (χ4n) is 1.06. The molecule has 0 radical (unpaired) electrons. The van der Waals surface area contributed by atoms with Gasteiger partial charge in [-0.25, -0.2) is 0 Å². The van der Waals surface area contributed by atoms with Gasteiger partial charge < -0.3 is 0 Å². The van der Waals surface area contributed by atoms with Gasteiger partial charge in [-0.15, -0.1) is 0 Å². The van der Waals surface area contributed by atoms with Crippen molar-refractivity contribution in [3.8, 4) is 0 Å². The molecule has 0 aliphatic heterocycles. The lowest BCUT2D eigenvalue weighted by Crippen LogP contribution is -2.11. The first-order valence-corrected chi connectivity index (χ1v) is 3.80. The normalized spacial score (nSPS) is 11.1. The molecule has 1 nitrogen and oxygen atoms in total. The Morgan fingerprint density at radius 2 is 1.86 bits per heavy atom. The van der Waals surface area contributed by atoms with Gasteiger partial charge in [0.15, 0.2) is 5.78 Å². The molecule has 0 atom stereocenters. The highest BCUT2D eigenvalue weighted by molar-refractivity contribution is 6.05. The summed E-state index contributed by atoms with van der Waals surface area (Å²) in [4.78, 5) is 11.1. The Morgan fingerprint density at radius 1 is 1.29 bits per heavy atom. The zero-order valence-electron chi connectivity index (χ0n) is 7.14. The molecule has 1 aromatic rings. The number of carbonyl (C=O) groups is 1. The van der Waals surface area contributed by atoms with Crippen LogP contribution in [-0.4, -0.2) is 5.78 Å². The van der Waals surface area contributed by atoms with Gasteiger partial charge >= 0.3 is 6.18 Å². The van der Waals surface area contributed by atoms with E-state index in [0.717, 1.165) is 18.2 Å². The molecular formula is C10H7F3O. The molecule has 0 aliphatic carbocycles. The van der Waals surface area contributed by atoms with E-state index in [-0.39, 0.29) is 5.56 Å². The zero-order valence-corrected chi connectivity index (χ0v) is 7.14. The van der Waals surface area contributed by atoms with Gasteiger partial charge in [-0.2, -0.15) is 13.2 Å². The number of allylic oxidation sites excluding steroid dienone is 1. The van der Waals surface area contributed by atoms with Gasteiger partial charge in [-0.1, -0.05) is 24.8 Å². The number of hydrogen-bond donors (Lipinski definition) is 0. The minimum Gasteiger partial charge on any atom is -0.289 e. The number of benzene rings is 1. The molecule has 14 heavy (non-hydrogen) atoms. The molecule has 1 rings (SSSR count). The van der Waals surface area contributed by atoms with Gasteiger partial charge in [-0.3, -0.25) is 4.79 Å². The Morgan fingerprint density at radius 3 is 2.36 bits per heavy atom. The van der Waals surface area contributed by atoms with Crippen molar-refractivity contribution in [1.82, 2.24) is 0 Å². The fraction of sp³-hybridized carbons (Fsp3) is 0.100. The van der Waals surface area contributed by atoms with Crippen LogP contribution in [0.1, 0.15) is 15.9 Å². The van der Waals surface area contributed by atoms with Gasteiger partial charge in [-0.05, 0) is 12.1 Å². The lowest BCUT2D eigenvalue weighted by Gasteiger charge is -2.09. The van der Waals surface area contributed by atoms with Gasteiger partial charge in [0.25, 0.3) is 0 Å². The van der Waals surface area contributed by atoms with Gasteiger partial charge in [0, 0.05) is 5.56 Å². The number of rotatable bonds is 2. The maximum absolute atomic E-state index is 12.4. The van der Waals surface area contributed by atoms with Crippen molar-refractivity contribution in [1.29, 1.82) is 0 Å². The summed E-state index contributed by atoms with van der Waals surface area (Å²) in [5.41, 5.74) is -1.29. The van der Waals surface area contributed by atoms with Crippen LogP contribution < -0.4 is 0 Å². The van der Waals surface area contributed by atoms with E-state index in [4.69, 9.17) is 0 Å². The third kappa shape index (κ3) is 2.02. The molecule has 0 saturated carbocycles. The van der Waals surface area contributed by atoms with Crippen molar-refractivity contribution in [3.63, 3.8) is 0 Å². The predicted molar refractivity (Wildman–Crippen MR) is 46.0 cm³/mol. The molecule has 1 aromatic carbocycles. The Bertz CT molecular complexity index is 366. The summed E-state index contributed by atoms with van der Waals surface area (Å²) in [5.74, 6) is -0.724. The molecule has 0 aromatic heterocycles. The summed E-state index contributed by atoms with van der Waals surface area (Å²) in [5, 5.41) is 0. The van der Waals surface area contributed by atoms with E-state index in [1.54, 1.807) is 0 Å². The molecule has 0 N–H and O–H groups in total. The van der Waals surface area contributed by atoms with Crippen molar-refractivity contribution >= 4 is 5.78 Å². The minimum atomic E-state index is -4.50. The number of alkyl halides is 3. The lowest BCUT2D eigenvalue weighted by molar-refractivity contribution is -0.137. The van der Waals surface area contributed by atoms with E-state index in [1.807, 2.05) is 0 Å². The number of ketones is 1. The summed E-state index contributed by atoms with van der Waals surface area (Å²) < 4.78 is 37.1. The lowest BCUT2D eigenvalue weighted by atomic mass is 10.0. The maximum Gasteiger partial charge on any atom is 0.417 e. The van der Waals surface area contributed by atoms with Crippen LogP contribution >= 0.6 is 0 Å². The second kappa shape index (κ2) is 3.65.